The number of anilines is 2. The molecule has 1 fully saturated rings. The summed E-state index contributed by atoms with van der Waals surface area (Å²) in [6, 6.07) is 9.82. The van der Waals surface area contributed by atoms with Crippen LogP contribution in [0.1, 0.15) is 5.56 Å². The molecule has 1 aromatic carbocycles. The molecule has 0 saturated carbocycles. The largest absolute Gasteiger partial charge is 0.454 e. The number of pyridine rings is 1. The molecule has 2 aliphatic heterocycles. The van der Waals surface area contributed by atoms with Gasteiger partial charge in [0.15, 0.2) is 16.6 Å². The topological polar surface area (TPSA) is 67.9 Å². The van der Waals surface area contributed by atoms with Gasteiger partial charge in [-0.1, -0.05) is 6.07 Å². The van der Waals surface area contributed by atoms with Crippen molar-refractivity contribution in [3.05, 3.63) is 42.1 Å². The maximum Gasteiger partial charge on any atom is 0.231 e. The summed E-state index contributed by atoms with van der Waals surface area (Å²) in [6.45, 7) is 4.11. The second-order valence-corrected chi connectivity index (χ2v) is 6.41. The Bertz CT molecular complexity index is 779. The van der Waals surface area contributed by atoms with E-state index in [2.05, 4.69) is 20.5 Å². The fraction of sp³-hybridized carbons (Fsp3) is 0.333. The molecule has 2 N–H and O–H groups in total. The molecule has 0 unspecified atom stereocenters. The van der Waals surface area contributed by atoms with Crippen molar-refractivity contribution >= 4 is 28.8 Å². The molecule has 0 aliphatic carbocycles. The normalized spacial score (nSPS) is 15.6. The Kier molecular flexibility index (Phi) is 5.03. The van der Waals surface area contributed by atoms with Gasteiger partial charge in [0.1, 0.15) is 5.82 Å². The van der Waals surface area contributed by atoms with E-state index in [1.165, 1.54) is 0 Å². The number of nitrogens with one attached hydrogen (secondary N) is 2. The maximum absolute atomic E-state index is 5.38. The van der Waals surface area contributed by atoms with E-state index in [4.69, 9.17) is 26.4 Å². The Morgan fingerprint density at radius 1 is 1.12 bits per heavy atom. The fourth-order valence-corrected chi connectivity index (χ4v) is 3.04. The van der Waals surface area contributed by atoms with Crippen molar-refractivity contribution in [2.45, 2.75) is 6.54 Å². The van der Waals surface area contributed by atoms with Crippen LogP contribution < -0.4 is 25.0 Å². The molecule has 8 heteroatoms. The number of thiocarbonyl (C=S) groups is 1. The van der Waals surface area contributed by atoms with Crippen molar-refractivity contribution < 1.29 is 14.2 Å². The van der Waals surface area contributed by atoms with Gasteiger partial charge in [0, 0.05) is 19.6 Å². The van der Waals surface area contributed by atoms with Crippen molar-refractivity contribution in [1.29, 1.82) is 0 Å². The van der Waals surface area contributed by atoms with Crippen LogP contribution in [0.4, 0.5) is 11.5 Å². The van der Waals surface area contributed by atoms with E-state index in [0.29, 0.717) is 11.7 Å². The molecule has 0 spiro atoms. The number of nitrogens with zero attached hydrogens (tertiary/aromatic N) is 2. The molecule has 1 saturated heterocycles. The second kappa shape index (κ2) is 7.76. The third kappa shape index (κ3) is 3.97. The highest BCUT2D eigenvalue weighted by Gasteiger charge is 2.14. The van der Waals surface area contributed by atoms with E-state index in [1.54, 1.807) is 6.20 Å². The first kappa shape index (κ1) is 16.9. The van der Waals surface area contributed by atoms with Crippen molar-refractivity contribution in [3.63, 3.8) is 0 Å². The molecule has 0 atom stereocenters. The quantitative estimate of drug-likeness (QED) is 0.792. The number of fused-ring (bicyclic) bond motifs is 1. The summed E-state index contributed by atoms with van der Waals surface area (Å²) in [6.07, 6.45) is 1.79. The highest BCUT2D eigenvalue weighted by Crippen LogP contribution is 2.32. The van der Waals surface area contributed by atoms with Gasteiger partial charge in [0.2, 0.25) is 6.79 Å². The maximum atomic E-state index is 5.38. The van der Waals surface area contributed by atoms with E-state index in [-0.39, 0.29) is 6.79 Å². The van der Waals surface area contributed by atoms with Crippen LogP contribution in [0, 0.1) is 0 Å². The lowest BCUT2D eigenvalue weighted by Gasteiger charge is -2.27. The first-order valence-corrected chi connectivity index (χ1v) is 8.91. The Balaban J connectivity index is 1.29. The molecule has 0 amide bonds. The van der Waals surface area contributed by atoms with Gasteiger partial charge in [0.25, 0.3) is 0 Å². The average Bonchev–Trinajstić information content (AvgIpc) is 3.15. The Hall–Kier alpha value is -2.58. The van der Waals surface area contributed by atoms with E-state index in [9.17, 15) is 0 Å². The van der Waals surface area contributed by atoms with Gasteiger partial charge in [0.05, 0.1) is 25.1 Å². The van der Waals surface area contributed by atoms with E-state index in [0.717, 1.165) is 54.9 Å². The van der Waals surface area contributed by atoms with Gasteiger partial charge >= 0.3 is 0 Å². The van der Waals surface area contributed by atoms with Gasteiger partial charge in [-0.05, 0) is 42.0 Å². The van der Waals surface area contributed by atoms with Crippen molar-refractivity contribution in [1.82, 2.24) is 10.3 Å². The molecular formula is C18H20N4O3S. The molecule has 0 bridgehead atoms. The predicted molar refractivity (Wildman–Crippen MR) is 103 cm³/mol. The third-order valence-corrected chi connectivity index (χ3v) is 4.48. The van der Waals surface area contributed by atoms with Gasteiger partial charge < -0.3 is 29.7 Å². The smallest absolute Gasteiger partial charge is 0.231 e. The first-order valence-electron chi connectivity index (χ1n) is 8.50. The number of benzene rings is 1. The molecule has 0 radical (unpaired) electrons. The van der Waals surface area contributed by atoms with Crippen LogP contribution in [0.2, 0.25) is 0 Å². The van der Waals surface area contributed by atoms with Gasteiger partial charge in [-0.2, -0.15) is 0 Å². The number of ether oxygens (including phenoxy) is 3. The standard InChI is InChI=1S/C18H20N4O3S/c26-18(20-10-13-1-3-15-16(9-13)25-12-24-15)21-14-2-4-17(19-11-14)22-5-7-23-8-6-22/h1-4,9,11H,5-8,10,12H2,(H2,20,21,26). The lowest BCUT2D eigenvalue weighted by molar-refractivity contribution is 0.122. The highest BCUT2D eigenvalue weighted by molar-refractivity contribution is 7.80. The molecule has 3 heterocycles. The number of hydrogen-bond donors (Lipinski definition) is 2. The summed E-state index contributed by atoms with van der Waals surface area (Å²) in [4.78, 5) is 6.71. The predicted octanol–water partition coefficient (Wildman–Crippen LogP) is 2.13. The summed E-state index contributed by atoms with van der Waals surface area (Å²) in [5.74, 6) is 2.50. The fourth-order valence-electron chi connectivity index (χ4n) is 2.85. The number of hydrogen-bond acceptors (Lipinski definition) is 6. The summed E-state index contributed by atoms with van der Waals surface area (Å²) in [7, 11) is 0. The summed E-state index contributed by atoms with van der Waals surface area (Å²) < 4.78 is 16.1. The van der Waals surface area contributed by atoms with Crippen LogP contribution in [0.15, 0.2) is 36.5 Å². The van der Waals surface area contributed by atoms with Gasteiger partial charge in [-0.15, -0.1) is 0 Å². The highest BCUT2D eigenvalue weighted by atomic mass is 32.1. The van der Waals surface area contributed by atoms with Crippen molar-refractivity contribution in [2.24, 2.45) is 0 Å². The molecule has 136 valence electrons. The van der Waals surface area contributed by atoms with E-state index in [1.807, 2.05) is 30.3 Å². The summed E-state index contributed by atoms with van der Waals surface area (Å²) >= 11 is 5.36. The molecule has 2 aromatic rings. The van der Waals surface area contributed by atoms with Crippen LogP contribution in [0.3, 0.4) is 0 Å². The minimum Gasteiger partial charge on any atom is -0.454 e. The number of rotatable bonds is 4. The average molecular weight is 372 g/mol. The van der Waals surface area contributed by atoms with E-state index < -0.39 is 0 Å². The molecular weight excluding hydrogens is 352 g/mol. The Labute approximate surface area is 157 Å². The van der Waals surface area contributed by atoms with Crippen LogP contribution in [0.5, 0.6) is 11.5 Å². The van der Waals surface area contributed by atoms with Crippen molar-refractivity contribution in [2.75, 3.05) is 43.3 Å². The van der Waals surface area contributed by atoms with Crippen LogP contribution >= 0.6 is 12.2 Å². The van der Waals surface area contributed by atoms with E-state index >= 15 is 0 Å². The zero-order valence-corrected chi connectivity index (χ0v) is 15.1. The van der Waals surface area contributed by atoms with Crippen LogP contribution in [0.25, 0.3) is 0 Å². The number of aromatic nitrogens is 1. The summed E-state index contributed by atoms with van der Waals surface area (Å²) in [5, 5.41) is 6.88. The minimum atomic E-state index is 0.277. The molecule has 2 aliphatic rings. The Morgan fingerprint density at radius 3 is 2.77 bits per heavy atom. The van der Waals surface area contributed by atoms with Gasteiger partial charge in [-0.3, -0.25) is 0 Å². The molecule has 7 nitrogen and oxygen atoms in total. The van der Waals surface area contributed by atoms with Gasteiger partial charge in [-0.25, -0.2) is 4.98 Å². The minimum absolute atomic E-state index is 0.277. The molecule has 1 aromatic heterocycles. The second-order valence-electron chi connectivity index (χ2n) is 6.00. The first-order chi connectivity index (χ1) is 12.8. The third-order valence-electron chi connectivity index (χ3n) is 4.23. The van der Waals surface area contributed by atoms with Crippen LogP contribution in [-0.4, -0.2) is 43.2 Å². The zero-order chi connectivity index (χ0) is 17.8. The zero-order valence-electron chi connectivity index (χ0n) is 14.2. The Morgan fingerprint density at radius 2 is 1.96 bits per heavy atom. The van der Waals surface area contributed by atoms with Crippen molar-refractivity contribution in [3.8, 4) is 11.5 Å². The van der Waals surface area contributed by atoms with Crippen LogP contribution in [-0.2, 0) is 11.3 Å². The monoisotopic (exact) mass is 372 g/mol. The molecule has 26 heavy (non-hydrogen) atoms. The lowest BCUT2D eigenvalue weighted by atomic mass is 10.2. The molecule has 4 rings (SSSR count). The number of morpholine rings is 1. The lowest BCUT2D eigenvalue weighted by Crippen LogP contribution is -2.36. The summed E-state index contributed by atoms with van der Waals surface area (Å²) in [5.41, 5.74) is 1.92. The SMILES string of the molecule is S=C(NCc1ccc2c(c1)OCO2)Nc1ccc(N2CCOCC2)nc1.